The summed E-state index contributed by atoms with van der Waals surface area (Å²) in [7, 11) is 6.38. The number of quaternary nitrogens is 2. The predicted molar refractivity (Wildman–Crippen MR) is 107 cm³/mol. The van der Waals surface area contributed by atoms with E-state index < -0.39 is 0 Å². The number of likely N-dealkylation sites (N-methyl/N-ethyl adjacent to an activating group) is 1. The summed E-state index contributed by atoms with van der Waals surface area (Å²) in [4.78, 5) is 18.5. The highest BCUT2D eigenvalue weighted by Crippen LogP contribution is 2.16. The van der Waals surface area contributed by atoms with Gasteiger partial charge in [0.25, 0.3) is 5.91 Å². The van der Waals surface area contributed by atoms with Gasteiger partial charge >= 0.3 is 0 Å². The zero-order valence-electron chi connectivity index (χ0n) is 15.9. The van der Waals surface area contributed by atoms with E-state index in [9.17, 15) is 4.79 Å². The molecule has 1 atom stereocenters. The van der Waals surface area contributed by atoms with E-state index in [0.717, 1.165) is 18.0 Å². The second kappa shape index (κ2) is 8.66. The Morgan fingerprint density at radius 1 is 1.15 bits per heavy atom. The van der Waals surface area contributed by atoms with Crippen molar-refractivity contribution in [3.05, 3.63) is 52.2 Å². The first-order valence-electron chi connectivity index (χ1n) is 9.29. The first kappa shape index (κ1) is 18.9. The lowest BCUT2D eigenvalue weighted by atomic mass is 10.0. The molecule has 1 amide bonds. The van der Waals surface area contributed by atoms with Crippen molar-refractivity contribution in [2.45, 2.75) is 6.04 Å². The first-order chi connectivity index (χ1) is 12.5. The molecule has 0 unspecified atom stereocenters. The van der Waals surface area contributed by atoms with Gasteiger partial charge in [-0.15, -0.1) is 11.3 Å². The maximum Gasteiger partial charge on any atom is 0.261 e. The van der Waals surface area contributed by atoms with Gasteiger partial charge in [-0.2, -0.15) is 0 Å². The smallest absolute Gasteiger partial charge is 0.261 e. The molecule has 5 nitrogen and oxygen atoms in total. The van der Waals surface area contributed by atoms with Crippen LogP contribution in [0.3, 0.4) is 0 Å². The second-order valence-electron chi connectivity index (χ2n) is 7.34. The molecule has 1 fully saturated rings. The van der Waals surface area contributed by atoms with Crippen molar-refractivity contribution in [2.24, 2.45) is 0 Å². The van der Waals surface area contributed by atoms with Crippen molar-refractivity contribution in [3.8, 4) is 0 Å². The van der Waals surface area contributed by atoms with Gasteiger partial charge in [0.2, 0.25) is 0 Å². The molecule has 140 valence electrons. The molecule has 3 N–H and O–H groups in total. The van der Waals surface area contributed by atoms with Crippen molar-refractivity contribution in [1.82, 2.24) is 5.32 Å². The van der Waals surface area contributed by atoms with Crippen LogP contribution in [-0.4, -0.2) is 59.8 Å². The average molecular weight is 375 g/mol. The lowest BCUT2D eigenvalue weighted by Gasteiger charge is -2.33. The van der Waals surface area contributed by atoms with Gasteiger partial charge < -0.3 is 20.0 Å². The molecule has 1 aromatic carbocycles. The summed E-state index contributed by atoms with van der Waals surface area (Å²) >= 11 is 1.49. The Balaban J connectivity index is 1.73. The Bertz CT molecular complexity index is 691. The minimum absolute atomic E-state index is 0.0362. The molecule has 3 rings (SSSR count). The number of rotatable bonds is 6. The van der Waals surface area contributed by atoms with Gasteiger partial charge in [0, 0.05) is 25.3 Å². The quantitative estimate of drug-likeness (QED) is 0.650. The SMILES string of the molecule is CN(C)c1ccc([C@@H](CNC(=O)c2cccs2)[NH+]2CC[NH+](C)CC2)cc1. The highest BCUT2D eigenvalue weighted by atomic mass is 32.1. The zero-order valence-corrected chi connectivity index (χ0v) is 16.7. The van der Waals surface area contributed by atoms with Crippen molar-refractivity contribution >= 4 is 22.9 Å². The fraction of sp³-hybridized carbons (Fsp3) is 0.450. The molecule has 0 saturated carbocycles. The molecular weight excluding hydrogens is 344 g/mol. The minimum atomic E-state index is 0.0362. The summed E-state index contributed by atoms with van der Waals surface area (Å²) in [6, 6.07) is 12.9. The van der Waals surface area contributed by atoms with Gasteiger partial charge in [0.1, 0.15) is 32.2 Å². The number of thiophene rings is 1. The summed E-state index contributed by atoms with van der Waals surface area (Å²) < 4.78 is 0. The number of anilines is 1. The van der Waals surface area contributed by atoms with Gasteiger partial charge in [-0.1, -0.05) is 18.2 Å². The zero-order chi connectivity index (χ0) is 18.5. The normalized spacial score (nSPS) is 21.2. The van der Waals surface area contributed by atoms with Crippen LogP contribution in [0.5, 0.6) is 0 Å². The Hall–Kier alpha value is -1.89. The molecule has 0 spiro atoms. The Morgan fingerprint density at radius 3 is 2.42 bits per heavy atom. The van der Waals surface area contributed by atoms with Gasteiger partial charge in [-0.25, -0.2) is 0 Å². The minimum Gasteiger partial charge on any atom is -0.378 e. The number of hydrogen-bond acceptors (Lipinski definition) is 3. The fourth-order valence-corrected chi connectivity index (χ4v) is 4.18. The van der Waals surface area contributed by atoms with Gasteiger partial charge in [-0.05, 0) is 23.6 Å². The Morgan fingerprint density at radius 2 is 1.85 bits per heavy atom. The monoisotopic (exact) mass is 374 g/mol. The number of hydrogen-bond donors (Lipinski definition) is 3. The number of piperazine rings is 1. The van der Waals surface area contributed by atoms with E-state index in [2.05, 4.69) is 55.6 Å². The van der Waals surface area contributed by atoms with Crippen molar-refractivity contribution in [2.75, 3.05) is 58.8 Å². The molecule has 1 saturated heterocycles. The molecule has 1 aliphatic heterocycles. The van der Waals surface area contributed by atoms with Gasteiger partial charge in [-0.3, -0.25) is 4.79 Å². The van der Waals surface area contributed by atoms with E-state index in [-0.39, 0.29) is 5.91 Å². The molecular formula is C20H30N4OS+2. The van der Waals surface area contributed by atoms with E-state index in [1.54, 1.807) is 9.80 Å². The van der Waals surface area contributed by atoms with Crippen LogP contribution in [0.4, 0.5) is 5.69 Å². The van der Waals surface area contributed by atoms with Gasteiger partial charge in [0.05, 0.1) is 18.5 Å². The maximum atomic E-state index is 12.4. The molecule has 0 radical (unpaired) electrons. The molecule has 0 aliphatic carbocycles. The lowest BCUT2D eigenvalue weighted by molar-refractivity contribution is -1.02. The topological polar surface area (TPSA) is 41.2 Å². The summed E-state index contributed by atoms with van der Waals surface area (Å²) in [5, 5.41) is 5.11. The molecule has 2 heterocycles. The molecule has 1 aliphatic rings. The molecule has 26 heavy (non-hydrogen) atoms. The maximum absolute atomic E-state index is 12.4. The van der Waals surface area contributed by atoms with Crippen LogP contribution >= 0.6 is 11.3 Å². The highest BCUT2D eigenvalue weighted by Gasteiger charge is 2.29. The Labute approximate surface area is 160 Å². The third-order valence-corrected chi connectivity index (χ3v) is 6.13. The number of carbonyl (C=O) groups excluding carboxylic acids is 1. The van der Waals surface area contributed by atoms with Crippen LogP contribution in [0.25, 0.3) is 0 Å². The van der Waals surface area contributed by atoms with Crippen molar-refractivity contribution in [1.29, 1.82) is 0 Å². The van der Waals surface area contributed by atoms with Crippen molar-refractivity contribution < 1.29 is 14.6 Å². The largest absolute Gasteiger partial charge is 0.378 e. The second-order valence-corrected chi connectivity index (χ2v) is 8.29. The van der Waals surface area contributed by atoms with E-state index in [1.165, 1.54) is 35.7 Å². The fourth-order valence-electron chi connectivity index (χ4n) is 3.54. The number of benzene rings is 1. The van der Waals surface area contributed by atoms with E-state index in [4.69, 9.17) is 0 Å². The van der Waals surface area contributed by atoms with Gasteiger partial charge in [0.15, 0.2) is 0 Å². The number of nitrogens with zero attached hydrogens (tertiary/aromatic N) is 1. The predicted octanol–water partition coefficient (Wildman–Crippen LogP) is -0.302. The van der Waals surface area contributed by atoms with Crippen LogP contribution in [0.15, 0.2) is 41.8 Å². The summed E-state index contributed by atoms with van der Waals surface area (Å²) in [5.41, 5.74) is 2.50. The average Bonchev–Trinajstić information content (AvgIpc) is 3.18. The lowest BCUT2D eigenvalue weighted by Crippen LogP contribution is -3.27. The third kappa shape index (κ3) is 4.63. The van der Waals surface area contributed by atoms with E-state index in [0.29, 0.717) is 12.6 Å². The molecule has 6 heteroatoms. The van der Waals surface area contributed by atoms with Crippen LogP contribution in [-0.2, 0) is 0 Å². The van der Waals surface area contributed by atoms with Crippen LogP contribution in [0.1, 0.15) is 21.3 Å². The van der Waals surface area contributed by atoms with Crippen molar-refractivity contribution in [3.63, 3.8) is 0 Å². The number of carbonyl (C=O) groups is 1. The van der Waals surface area contributed by atoms with Crippen LogP contribution in [0.2, 0.25) is 0 Å². The summed E-state index contributed by atoms with van der Waals surface area (Å²) in [6.07, 6.45) is 0. The molecule has 2 aromatic rings. The van der Waals surface area contributed by atoms with E-state index >= 15 is 0 Å². The molecule has 1 aromatic heterocycles. The standard InChI is InChI=1S/C20H28N4OS/c1-22(2)17-8-6-16(7-9-17)18(24-12-10-23(3)11-13-24)15-21-20(25)19-5-4-14-26-19/h4-9,14,18H,10-13,15H2,1-3H3,(H,21,25)/p+2/t18-/m1/s1. The number of nitrogens with one attached hydrogen (secondary N) is 3. The van der Waals surface area contributed by atoms with Crippen LogP contribution < -0.4 is 20.0 Å². The Kier molecular flexibility index (Phi) is 6.29. The third-order valence-electron chi connectivity index (χ3n) is 5.26. The molecule has 0 bridgehead atoms. The van der Waals surface area contributed by atoms with Crippen LogP contribution in [0, 0.1) is 0 Å². The highest BCUT2D eigenvalue weighted by molar-refractivity contribution is 7.12. The summed E-state index contributed by atoms with van der Waals surface area (Å²) in [6.45, 7) is 5.31. The van der Waals surface area contributed by atoms with E-state index in [1.807, 2.05) is 17.5 Å². The summed E-state index contributed by atoms with van der Waals surface area (Å²) in [5.74, 6) is 0.0362. The number of amides is 1. The first-order valence-corrected chi connectivity index (χ1v) is 10.2.